The SMILES string of the molecule is CC1(C)CCN(S(=O)(=O)N2CCCN(C(=O)C3CCOC3)CC2)CC1. The number of piperidine rings is 1. The summed E-state index contributed by atoms with van der Waals surface area (Å²) in [4.78, 5) is 14.4. The van der Waals surface area contributed by atoms with E-state index in [2.05, 4.69) is 13.8 Å². The van der Waals surface area contributed by atoms with Crippen LogP contribution < -0.4 is 0 Å². The summed E-state index contributed by atoms with van der Waals surface area (Å²) >= 11 is 0. The third kappa shape index (κ3) is 4.35. The molecule has 0 N–H and O–H groups in total. The largest absolute Gasteiger partial charge is 0.381 e. The van der Waals surface area contributed by atoms with Gasteiger partial charge in [0.15, 0.2) is 0 Å². The number of rotatable bonds is 3. The van der Waals surface area contributed by atoms with Crippen molar-refractivity contribution in [2.45, 2.75) is 39.5 Å². The number of amides is 1. The van der Waals surface area contributed by atoms with Crippen LogP contribution in [0.25, 0.3) is 0 Å². The predicted octanol–water partition coefficient (Wildman–Crippen LogP) is 0.924. The van der Waals surface area contributed by atoms with Gasteiger partial charge < -0.3 is 9.64 Å². The zero-order valence-corrected chi connectivity index (χ0v) is 16.3. The summed E-state index contributed by atoms with van der Waals surface area (Å²) in [7, 11) is -3.42. The van der Waals surface area contributed by atoms with Crippen LogP contribution in [0.4, 0.5) is 0 Å². The fourth-order valence-corrected chi connectivity index (χ4v) is 5.46. The van der Waals surface area contributed by atoms with Gasteiger partial charge in [0, 0.05) is 45.9 Å². The zero-order valence-electron chi connectivity index (χ0n) is 15.4. The second-order valence-electron chi connectivity index (χ2n) is 8.21. The van der Waals surface area contributed by atoms with Crippen molar-refractivity contribution in [1.82, 2.24) is 13.5 Å². The molecule has 0 radical (unpaired) electrons. The normalized spacial score (nSPS) is 29.5. The highest BCUT2D eigenvalue weighted by molar-refractivity contribution is 7.86. The molecule has 8 heteroatoms. The molecule has 3 saturated heterocycles. The van der Waals surface area contributed by atoms with Gasteiger partial charge in [-0.25, -0.2) is 0 Å². The fourth-order valence-electron chi connectivity index (χ4n) is 3.82. The Labute approximate surface area is 151 Å². The molecule has 25 heavy (non-hydrogen) atoms. The molecule has 1 unspecified atom stereocenters. The highest BCUT2D eigenvalue weighted by Crippen LogP contribution is 2.31. The summed E-state index contributed by atoms with van der Waals surface area (Å²) in [6.45, 7) is 8.72. The zero-order chi connectivity index (χ0) is 18.1. The first kappa shape index (κ1) is 19.1. The lowest BCUT2D eigenvalue weighted by molar-refractivity contribution is -0.135. The molecular formula is C17H31N3O4S. The quantitative estimate of drug-likeness (QED) is 0.738. The van der Waals surface area contributed by atoms with E-state index < -0.39 is 10.2 Å². The van der Waals surface area contributed by atoms with Crippen LogP contribution in [0.5, 0.6) is 0 Å². The van der Waals surface area contributed by atoms with E-state index in [0.717, 1.165) is 19.3 Å². The van der Waals surface area contributed by atoms with Gasteiger partial charge in [0.05, 0.1) is 12.5 Å². The van der Waals surface area contributed by atoms with Gasteiger partial charge in [0.2, 0.25) is 5.91 Å². The minimum Gasteiger partial charge on any atom is -0.381 e. The molecule has 3 heterocycles. The van der Waals surface area contributed by atoms with Gasteiger partial charge in [0.1, 0.15) is 0 Å². The van der Waals surface area contributed by atoms with Gasteiger partial charge in [-0.2, -0.15) is 17.0 Å². The van der Waals surface area contributed by atoms with E-state index in [0.29, 0.717) is 58.9 Å². The third-order valence-corrected chi connectivity index (χ3v) is 7.81. The minimum atomic E-state index is -3.42. The molecule has 0 saturated carbocycles. The Balaban J connectivity index is 1.59. The molecule has 0 aromatic heterocycles. The van der Waals surface area contributed by atoms with E-state index in [9.17, 15) is 13.2 Å². The van der Waals surface area contributed by atoms with E-state index in [1.807, 2.05) is 4.90 Å². The summed E-state index contributed by atoms with van der Waals surface area (Å²) in [5.74, 6) is 0.0731. The number of carbonyl (C=O) groups is 1. The molecule has 3 aliphatic heterocycles. The smallest absolute Gasteiger partial charge is 0.282 e. The molecule has 0 spiro atoms. The topological polar surface area (TPSA) is 70.2 Å². The summed E-state index contributed by atoms with van der Waals surface area (Å²) < 4.78 is 34.4. The molecule has 3 fully saturated rings. The van der Waals surface area contributed by atoms with Crippen LogP contribution in [-0.2, 0) is 19.7 Å². The number of ether oxygens (including phenoxy) is 1. The monoisotopic (exact) mass is 373 g/mol. The highest BCUT2D eigenvalue weighted by Gasteiger charge is 2.37. The molecule has 0 aliphatic carbocycles. The molecule has 0 aromatic rings. The van der Waals surface area contributed by atoms with Gasteiger partial charge in [-0.1, -0.05) is 13.8 Å². The van der Waals surface area contributed by atoms with Crippen molar-refractivity contribution < 1.29 is 17.9 Å². The second kappa shape index (κ2) is 7.50. The van der Waals surface area contributed by atoms with Crippen LogP contribution in [-0.4, -0.2) is 80.3 Å². The van der Waals surface area contributed by atoms with Gasteiger partial charge >= 0.3 is 0 Å². The Morgan fingerprint density at radius 1 is 1.00 bits per heavy atom. The van der Waals surface area contributed by atoms with Gasteiger partial charge in [-0.15, -0.1) is 0 Å². The number of hydrogen-bond donors (Lipinski definition) is 0. The average Bonchev–Trinajstić information content (AvgIpc) is 2.97. The van der Waals surface area contributed by atoms with E-state index in [1.54, 1.807) is 8.61 Å². The van der Waals surface area contributed by atoms with Crippen molar-refractivity contribution in [3.8, 4) is 0 Å². The first-order valence-electron chi connectivity index (χ1n) is 9.41. The summed E-state index contributed by atoms with van der Waals surface area (Å²) in [5.41, 5.74) is 0.220. The Kier molecular flexibility index (Phi) is 5.72. The third-order valence-electron chi connectivity index (χ3n) is 5.77. The molecular weight excluding hydrogens is 342 g/mol. The Morgan fingerprint density at radius 2 is 1.68 bits per heavy atom. The summed E-state index contributed by atoms with van der Waals surface area (Å²) in [5, 5.41) is 0. The molecule has 3 aliphatic rings. The Bertz CT molecular complexity index is 577. The van der Waals surface area contributed by atoms with Crippen molar-refractivity contribution in [2.24, 2.45) is 11.3 Å². The van der Waals surface area contributed by atoms with Crippen LogP contribution >= 0.6 is 0 Å². The van der Waals surface area contributed by atoms with E-state index >= 15 is 0 Å². The van der Waals surface area contributed by atoms with Crippen LogP contribution in [0.15, 0.2) is 0 Å². The van der Waals surface area contributed by atoms with Gasteiger partial charge in [-0.3, -0.25) is 4.79 Å². The number of hydrogen-bond acceptors (Lipinski definition) is 4. The van der Waals surface area contributed by atoms with Crippen molar-refractivity contribution >= 4 is 16.1 Å². The lowest BCUT2D eigenvalue weighted by Crippen LogP contribution is -2.49. The molecule has 1 amide bonds. The van der Waals surface area contributed by atoms with E-state index in [-0.39, 0.29) is 17.2 Å². The molecule has 0 aromatic carbocycles. The number of carbonyl (C=O) groups excluding carboxylic acids is 1. The summed E-state index contributed by atoms with van der Waals surface area (Å²) in [6.07, 6.45) is 3.26. The van der Waals surface area contributed by atoms with Crippen LogP contribution in [0.2, 0.25) is 0 Å². The van der Waals surface area contributed by atoms with Gasteiger partial charge in [-0.05, 0) is 31.1 Å². The lowest BCUT2D eigenvalue weighted by atomic mass is 9.83. The van der Waals surface area contributed by atoms with Crippen LogP contribution in [0.3, 0.4) is 0 Å². The van der Waals surface area contributed by atoms with E-state index in [4.69, 9.17) is 4.74 Å². The van der Waals surface area contributed by atoms with Crippen LogP contribution in [0.1, 0.15) is 39.5 Å². The first-order valence-corrected chi connectivity index (χ1v) is 10.8. The molecule has 144 valence electrons. The standard InChI is InChI=1S/C17H31N3O4S/c1-17(2)5-9-20(10-6-17)25(22,23)19-8-3-7-18(11-12-19)16(21)15-4-13-24-14-15/h15H,3-14H2,1-2H3. The first-order chi connectivity index (χ1) is 11.8. The second-order valence-corrected chi connectivity index (χ2v) is 10.1. The van der Waals surface area contributed by atoms with Crippen molar-refractivity contribution in [1.29, 1.82) is 0 Å². The molecule has 1 atom stereocenters. The van der Waals surface area contributed by atoms with Crippen LogP contribution in [0, 0.1) is 11.3 Å². The van der Waals surface area contributed by atoms with Crippen molar-refractivity contribution in [3.63, 3.8) is 0 Å². The fraction of sp³-hybridized carbons (Fsp3) is 0.941. The average molecular weight is 374 g/mol. The van der Waals surface area contributed by atoms with Gasteiger partial charge in [0.25, 0.3) is 10.2 Å². The maximum absolute atomic E-state index is 13.0. The maximum atomic E-state index is 13.0. The minimum absolute atomic E-state index is 0.0486. The number of nitrogens with zero attached hydrogens (tertiary/aromatic N) is 3. The highest BCUT2D eigenvalue weighted by atomic mass is 32.2. The molecule has 0 bridgehead atoms. The Morgan fingerprint density at radius 3 is 2.32 bits per heavy atom. The lowest BCUT2D eigenvalue weighted by Gasteiger charge is -2.38. The maximum Gasteiger partial charge on any atom is 0.282 e. The molecule has 3 rings (SSSR count). The summed E-state index contributed by atoms with van der Waals surface area (Å²) in [6, 6.07) is 0. The van der Waals surface area contributed by atoms with Crippen molar-refractivity contribution in [3.05, 3.63) is 0 Å². The Hall–Kier alpha value is -0.700. The van der Waals surface area contributed by atoms with Crippen molar-refractivity contribution in [2.75, 3.05) is 52.5 Å². The predicted molar refractivity (Wildman–Crippen MR) is 95.2 cm³/mol. The van der Waals surface area contributed by atoms with E-state index in [1.165, 1.54) is 0 Å². The molecule has 7 nitrogen and oxygen atoms in total.